The largest absolute Gasteiger partial charge is 0.0616 e. The molecule has 0 radical (unpaired) electrons. The smallest absolute Gasteiger partial charge is 0.00199 e. The summed E-state index contributed by atoms with van der Waals surface area (Å²) >= 11 is 0. The minimum Gasteiger partial charge on any atom is -0.0616 e. The maximum Gasteiger partial charge on any atom is -0.00199 e. The van der Waals surface area contributed by atoms with E-state index in [1.54, 1.807) is 0 Å². The van der Waals surface area contributed by atoms with Gasteiger partial charge in [0.1, 0.15) is 0 Å². The van der Waals surface area contributed by atoms with Crippen LogP contribution in [0.5, 0.6) is 0 Å². The van der Waals surface area contributed by atoms with Crippen LogP contribution in [0.1, 0.15) is 27.8 Å². The topological polar surface area (TPSA) is 0 Å². The number of aryl methyl sites for hydroxylation is 5. The Hall–Kier alpha value is -7.28. The average molecular weight is 779 g/mol. The van der Waals surface area contributed by atoms with E-state index in [1.807, 2.05) is 0 Å². The fourth-order valence-corrected chi connectivity index (χ4v) is 10.3. The maximum absolute atomic E-state index is 2.46. The molecular formula is C61H46. The second-order valence-corrected chi connectivity index (χ2v) is 17.3. The molecule has 0 atom stereocenters. The van der Waals surface area contributed by atoms with Crippen molar-refractivity contribution in [2.75, 3.05) is 0 Å². The SMILES string of the molecule is Cc1cc(C)cc(-c2ccc3c(c2)c(-c2c4ccccc4c(-c4ccc(-c5cccc6c(C)cccc56)cc4)c4ccccc24)cc2ccc(-c4cc(C)cc(C)c4)cc23)c1. The predicted octanol–water partition coefficient (Wildman–Crippen LogP) is 17.3. The van der Waals surface area contributed by atoms with Crippen molar-refractivity contribution in [3.8, 4) is 55.6 Å². The van der Waals surface area contributed by atoms with Crippen molar-refractivity contribution in [2.45, 2.75) is 34.6 Å². The molecule has 0 aliphatic heterocycles. The summed E-state index contributed by atoms with van der Waals surface area (Å²) in [5.74, 6) is 0. The third-order valence-electron chi connectivity index (χ3n) is 12.9. The fourth-order valence-electron chi connectivity index (χ4n) is 10.3. The molecule has 0 spiro atoms. The van der Waals surface area contributed by atoms with Crippen molar-refractivity contribution >= 4 is 53.9 Å². The number of hydrogen-bond acceptors (Lipinski definition) is 0. The fraction of sp³-hybridized carbons (Fsp3) is 0.0820. The van der Waals surface area contributed by atoms with Gasteiger partial charge in [-0.15, -0.1) is 0 Å². The van der Waals surface area contributed by atoms with Gasteiger partial charge < -0.3 is 0 Å². The Morgan fingerprint density at radius 3 is 1.31 bits per heavy atom. The first-order valence-corrected chi connectivity index (χ1v) is 21.5. The number of fused-ring (bicyclic) bond motifs is 6. The molecule has 0 saturated carbocycles. The van der Waals surface area contributed by atoms with Crippen molar-refractivity contribution in [1.82, 2.24) is 0 Å². The van der Waals surface area contributed by atoms with Gasteiger partial charge in [0.05, 0.1) is 0 Å². The van der Waals surface area contributed by atoms with Crippen LogP contribution in [0.25, 0.3) is 109 Å². The first-order chi connectivity index (χ1) is 29.8. The molecule has 11 aromatic rings. The van der Waals surface area contributed by atoms with Gasteiger partial charge in [-0.1, -0.05) is 192 Å². The van der Waals surface area contributed by atoms with Crippen LogP contribution in [0.15, 0.2) is 188 Å². The zero-order chi connectivity index (χ0) is 41.4. The lowest BCUT2D eigenvalue weighted by molar-refractivity contribution is 1.38. The van der Waals surface area contributed by atoms with Gasteiger partial charge in [-0.2, -0.15) is 0 Å². The molecule has 0 saturated heterocycles. The minimum absolute atomic E-state index is 1.22. The molecule has 0 aromatic heterocycles. The first-order valence-electron chi connectivity index (χ1n) is 21.5. The molecule has 0 heterocycles. The van der Waals surface area contributed by atoms with E-state index in [2.05, 4.69) is 223 Å². The lowest BCUT2D eigenvalue weighted by Gasteiger charge is -2.20. The van der Waals surface area contributed by atoms with E-state index in [0.29, 0.717) is 0 Å². The third kappa shape index (κ3) is 6.30. The molecule has 0 aliphatic carbocycles. The molecule has 11 rings (SSSR count). The number of hydrogen-bond donors (Lipinski definition) is 0. The van der Waals surface area contributed by atoms with E-state index < -0.39 is 0 Å². The summed E-state index contributed by atoms with van der Waals surface area (Å²) in [7, 11) is 0. The van der Waals surface area contributed by atoms with E-state index >= 15 is 0 Å². The van der Waals surface area contributed by atoms with Crippen LogP contribution in [0, 0.1) is 34.6 Å². The van der Waals surface area contributed by atoms with Gasteiger partial charge in [-0.3, -0.25) is 0 Å². The summed E-state index contributed by atoms with van der Waals surface area (Å²) in [5, 5.41) is 12.7. The molecule has 0 heteroatoms. The monoisotopic (exact) mass is 778 g/mol. The van der Waals surface area contributed by atoms with Crippen LogP contribution in [-0.4, -0.2) is 0 Å². The first kappa shape index (κ1) is 36.8. The van der Waals surface area contributed by atoms with Crippen LogP contribution in [0.3, 0.4) is 0 Å². The van der Waals surface area contributed by atoms with Crippen LogP contribution in [0.2, 0.25) is 0 Å². The van der Waals surface area contributed by atoms with E-state index in [4.69, 9.17) is 0 Å². The molecule has 0 fully saturated rings. The molecule has 0 aliphatic rings. The van der Waals surface area contributed by atoms with Gasteiger partial charge in [0.2, 0.25) is 0 Å². The average Bonchev–Trinajstić information content (AvgIpc) is 3.27. The van der Waals surface area contributed by atoms with E-state index in [9.17, 15) is 0 Å². The Labute approximate surface area is 358 Å². The second kappa shape index (κ2) is 14.5. The van der Waals surface area contributed by atoms with Crippen molar-refractivity contribution in [3.63, 3.8) is 0 Å². The molecule has 0 amide bonds. The third-order valence-corrected chi connectivity index (χ3v) is 12.9. The standard InChI is InChI=1S/C61H46/c1-37-28-38(2)31-47(30-37)44-24-25-46-36-59(58-35-45(26-27-52(58)57(46)34-44)48-32-39(3)29-40(4)33-48)61-55-15-8-6-13-53(55)60(54-14-7-9-16-56(54)61)43-22-20-42(21-23-43)50-18-11-17-49-41(5)12-10-19-51(49)50/h6-36H,1-5H3. The molecule has 290 valence electrons. The van der Waals surface area contributed by atoms with E-state index in [-0.39, 0.29) is 0 Å². The highest BCUT2D eigenvalue weighted by Crippen LogP contribution is 2.48. The lowest BCUT2D eigenvalue weighted by Crippen LogP contribution is -1.93. The van der Waals surface area contributed by atoms with E-state index in [0.717, 1.165) is 0 Å². The Kier molecular flexibility index (Phi) is 8.72. The molecule has 0 N–H and O–H groups in total. The van der Waals surface area contributed by atoms with E-state index in [1.165, 1.54) is 137 Å². The van der Waals surface area contributed by atoms with Gasteiger partial charge in [-0.25, -0.2) is 0 Å². The molecule has 11 aromatic carbocycles. The zero-order valence-corrected chi connectivity index (χ0v) is 35.4. The van der Waals surface area contributed by atoms with Gasteiger partial charge >= 0.3 is 0 Å². The molecule has 0 nitrogen and oxygen atoms in total. The Morgan fingerprint density at radius 2 is 0.705 bits per heavy atom. The highest BCUT2D eigenvalue weighted by atomic mass is 14.2. The van der Waals surface area contributed by atoms with Gasteiger partial charge in [0, 0.05) is 0 Å². The summed E-state index contributed by atoms with van der Waals surface area (Å²) in [6.07, 6.45) is 0. The zero-order valence-electron chi connectivity index (χ0n) is 35.4. The van der Waals surface area contributed by atoms with Crippen LogP contribution >= 0.6 is 0 Å². The summed E-state index contributed by atoms with van der Waals surface area (Å²) < 4.78 is 0. The van der Waals surface area contributed by atoms with Crippen molar-refractivity contribution in [1.29, 1.82) is 0 Å². The Morgan fingerprint density at radius 1 is 0.230 bits per heavy atom. The maximum atomic E-state index is 2.46. The number of benzene rings is 11. The van der Waals surface area contributed by atoms with Crippen molar-refractivity contribution in [3.05, 3.63) is 216 Å². The molecule has 0 unspecified atom stereocenters. The quantitative estimate of drug-likeness (QED) is 0.121. The Bertz CT molecular complexity index is 3470. The number of rotatable bonds is 5. The van der Waals surface area contributed by atoms with Gasteiger partial charge in [-0.05, 0) is 168 Å². The molecule has 61 heavy (non-hydrogen) atoms. The summed E-state index contributed by atoms with van der Waals surface area (Å²) in [5.41, 5.74) is 18.9. The highest BCUT2D eigenvalue weighted by molar-refractivity contribution is 6.26. The van der Waals surface area contributed by atoms with Crippen LogP contribution in [0.4, 0.5) is 0 Å². The lowest BCUT2D eigenvalue weighted by atomic mass is 9.83. The molecular weight excluding hydrogens is 733 g/mol. The summed E-state index contributed by atoms with van der Waals surface area (Å²) in [6.45, 7) is 11.0. The normalized spacial score (nSPS) is 11.7. The van der Waals surface area contributed by atoms with Gasteiger partial charge in [0.15, 0.2) is 0 Å². The van der Waals surface area contributed by atoms with Crippen molar-refractivity contribution in [2.24, 2.45) is 0 Å². The van der Waals surface area contributed by atoms with Crippen LogP contribution in [-0.2, 0) is 0 Å². The minimum atomic E-state index is 1.22. The Balaban J connectivity index is 1.17. The predicted molar refractivity (Wildman–Crippen MR) is 265 cm³/mol. The second-order valence-electron chi connectivity index (χ2n) is 17.3. The summed E-state index contributed by atoms with van der Waals surface area (Å²) in [6, 6.07) is 71.1. The van der Waals surface area contributed by atoms with Crippen LogP contribution < -0.4 is 0 Å². The highest BCUT2D eigenvalue weighted by Gasteiger charge is 2.20. The summed E-state index contributed by atoms with van der Waals surface area (Å²) in [4.78, 5) is 0. The van der Waals surface area contributed by atoms with Gasteiger partial charge in [0.25, 0.3) is 0 Å². The van der Waals surface area contributed by atoms with Crippen molar-refractivity contribution < 1.29 is 0 Å². The molecule has 0 bridgehead atoms.